The van der Waals surface area contributed by atoms with Gasteiger partial charge in [0, 0.05) is 5.39 Å². The molecule has 5 nitrogen and oxygen atoms in total. The smallest absolute Gasteiger partial charge is 0.294 e. The molecule has 154 valence electrons. The summed E-state index contributed by atoms with van der Waals surface area (Å²) in [5, 5.41) is 0.898. The van der Waals surface area contributed by atoms with E-state index in [-0.39, 0.29) is 5.56 Å². The number of para-hydroxylation sites is 1. The van der Waals surface area contributed by atoms with Crippen molar-refractivity contribution in [3.8, 4) is 0 Å². The van der Waals surface area contributed by atoms with Gasteiger partial charge in [-0.05, 0) is 69.3 Å². The molecule has 0 spiro atoms. The van der Waals surface area contributed by atoms with Gasteiger partial charge in [-0.1, -0.05) is 42.0 Å². The van der Waals surface area contributed by atoms with Crippen molar-refractivity contribution in [1.29, 1.82) is 0 Å². The SMILES string of the molecule is Cc1ccc(CCC2CCN(Cc3nc4c(oc5ccccc54)c(=O)[nH]3)CC2)cc1. The predicted molar refractivity (Wildman–Crippen MR) is 120 cm³/mol. The maximum atomic E-state index is 12.5. The largest absolute Gasteiger partial charge is 0.449 e. The predicted octanol–water partition coefficient (Wildman–Crippen LogP) is 4.82. The summed E-state index contributed by atoms with van der Waals surface area (Å²) in [6.45, 7) is 4.91. The highest BCUT2D eigenvalue weighted by atomic mass is 16.3. The number of aromatic amines is 1. The third-order valence-electron chi connectivity index (χ3n) is 6.32. The number of likely N-dealkylation sites (tertiary alicyclic amines) is 1. The number of aryl methyl sites for hydroxylation is 2. The van der Waals surface area contributed by atoms with Crippen molar-refractivity contribution in [1.82, 2.24) is 14.9 Å². The van der Waals surface area contributed by atoms with E-state index in [2.05, 4.69) is 41.1 Å². The van der Waals surface area contributed by atoms with E-state index in [0.717, 1.165) is 36.6 Å². The van der Waals surface area contributed by atoms with Crippen molar-refractivity contribution < 1.29 is 4.42 Å². The molecule has 1 N–H and O–H groups in total. The molecule has 0 unspecified atom stereocenters. The standard InChI is InChI=1S/C25H27N3O2/c1-17-6-8-18(9-7-17)10-11-19-12-14-28(15-13-19)16-22-26-23-20-4-2-3-5-21(20)30-24(23)25(29)27-22/h2-9,19H,10-16H2,1H3,(H,26,27,29). The number of benzene rings is 2. The molecule has 0 saturated carbocycles. The Morgan fingerprint density at radius 1 is 1.10 bits per heavy atom. The van der Waals surface area contributed by atoms with Crippen LogP contribution in [-0.2, 0) is 13.0 Å². The maximum absolute atomic E-state index is 12.5. The Bertz CT molecular complexity index is 1210. The average Bonchev–Trinajstić information content (AvgIpc) is 3.14. The van der Waals surface area contributed by atoms with Crippen LogP contribution in [0.25, 0.3) is 22.1 Å². The highest BCUT2D eigenvalue weighted by Gasteiger charge is 2.21. The topological polar surface area (TPSA) is 62.1 Å². The van der Waals surface area contributed by atoms with E-state index in [1.807, 2.05) is 24.3 Å². The lowest BCUT2D eigenvalue weighted by Gasteiger charge is -2.31. The number of furan rings is 1. The molecule has 1 fully saturated rings. The van der Waals surface area contributed by atoms with Crippen LogP contribution in [0.15, 0.2) is 57.7 Å². The molecule has 5 rings (SSSR count). The summed E-state index contributed by atoms with van der Waals surface area (Å²) in [4.78, 5) is 22.5. The van der Waals surface area contributed by atoms with Gasteiger partial charge in [-0.25, -0.2) is 4.98 Å². The third kappa shape index (κ3) is 3.90. The van der Waals surface area contributed by atoms with Crippen molar-refractivity contribution in [3.63, 3.8) is 0 Å². The second kappa shape index (κ2) is 8.07. The van der Waals surface area contributed by atoms with E-state index < -0.39 is 0 Å². The minimum Gasteiger partial charge on any atom is -0.449 e. The van der Waals surface area contributed by atoms with Crippen LogP contribution in [0.1, 0.15) is 36.2 Å². The van der Waals surface area contributed by atoms with Crippen LogP contribution >= 0.6 is 0 Å². The van der Waals surface area contributed by atoms with Crippen LogP contribution < -0.4 is 5.56 Å². The number of aromatic nitrogens is 2. The van der Waals surface area contributed by atoms with Crippen molar-refractivity contribution >= 4 is 22.1 Å². The van der Waals surface area contributed by atoms with E-state index in [1.165, 1.54) is 30.4 Å². The molecule has 4 aromatic rings. The zero-order valence-corrected chi connectivity index (χ0v) is 17.4. The molecule has 0 amide bonds. The number of hydrogen-bond donors (Lipinski definition) is 1. The number of rotatable bonds is 5. The molecule has 0 atom stereocenters. The number of hydrogen-bond acceptors (Lipinski definition) is 4. The van der Waals surface area contributed by atoms with Crippen LogP contribution in [0, 0.1) is 12.8 Å². The van der Waals surface area contributed by atoms with Gasteiger partial charge >= 0.3 is 0 Å². The number of piperidine rings is 1. The van der Waals surface area contributed by atoms with E-state index in [9.17, 15) is 4.79 Å². The summed E-state index contributed by atoms with van der Waals surface area (Å²) in [7, 11) is 0. The van der Waals surface area contributed by atoms with E-state index in [1.54, 1.807) is 0 Å². The summed E-state index contributed by atoms with van der Waals surface area (Å²) in [6, 6.07) is 16.6. The maximum Gasteiger partial charge on any atom is 0.294 e. The van der Waals surface area contributed by atoms with Gasteiger partial charge in [0.25, 0.3) is 5.56 Å². The summed E-state index contributed by atoms with van der Waals surface area (Å²) < 4.78 is 5.69. The second-order valence-corrected chi connectivity index (χ2v) is 8.53. The fourth-order valence-electron chi connectivity index (χ4n) is 4.49. The van der Waals surface area contributed by atoms with Gasteiger partial charge in [0.15, 0.2) is 0 Å². The summed E-state index contributed by atoms with van der Waals surface area (Å²) in [6.07, 6.45) is 4.81. The Hall–Kier alpha value is -2.92. The van der Waals surface area contributed by atoms with Crippen LogP contribution in [-0.4, -0.2) is 28.0 Å². The minimum atomic E-state index is -0.195. The summed E-state index contributed by atoms with van der Waals surface area (Å²) >= 11 is 0. The number of fused-ring (bicyclic) bond motifs is 3. The van der Waals surface area contributed by atoms with Crippen LogP contribution in [0.4, 0.5) is 0 Å². The zero-order valence-electron chi connectivity index (χ0n) is 17.4. The molecule has 3 heterocycles. The molecule has 1 saturated heterocycles. The first-order valence-corrected chi connectivity index (χ1v) is 10.8. The first-order chi connectivity index (χ1) is 14.7. The minimum absolute atomic E-state index is 0.195. The van der Waals surface area contributed by atoms with Gasteiger partial charge in [-0.2, -0.15) is 0 Å². The molecule has 5 heteroatoms. The lowest BCUT2D eigenvalue weighted by molar-refractivity contribution is 0.169. The van der Waals surface area contributed by atoms with Gasteiger partial charge in [0.05, 0.1) is 6.54 Å². The van der Waals surface area contributed by atoms with Crippen molar-refractivity contribution in [2.75, 3.05) is 13.1 Å². The Balaban J connectivity index is 1.22. The molecule has 2 aromatic heterocycles. The quantitative estimate of drug-likeness (QED) is 0.521. The Kier molecular flexibility index (Phi) is 5.13. The van der Waals surface area contributed by atoms with Crippen molar-refractivity contribution in [2.24, 2.45) is 5.92 Å². The molecular formula is C25H27N3O2. The number of nitrogens with one attached hydrogen (secondary N) is 1. The highest BCUT2D eigenvalue weighted by molar-refractivity contribution is 6.01. The van der Waals surface area contributed by atoms with Crippen molar-refractivity contribution in [2.45, 2.75) is 39.2 Å². The molecule has 0 aliphatic carbocycles. The molecule has 30 heavy (non-hydrogen) atoms. The molecule has 1 aliphatic rings. The highest BCUT2D eigenvalue weighted by Crippen LogP contribution is 2.26. The first-order valence-electron chi connectivity index (χ1n) is 10.8. The summed E-state index contributed by atoms with van der Waals surface area (Å²) in [5.41, 5.74) is 4.24. The second-order valence-electron chi connectivity index (χ2n) is 8.53. The Morgan fingerprint density at radius 2 is 1.87 bits per heavy atom. The third-order valence-corrected chi connectivity index (χ3v) is 6.32. The fraction of sp³-hybridized carbons (Fsp3) is 0.360. The van der Waals surface area contributed by atoms with Gasteiger partial charge in [0.1, 0.15) is 16.9 Å². The molecule has 0 radical (unpaired) electrons. The Morgan fingerprint density at radius 3 is 2.67 bits per heavy atom. The molecule has 0 bridgehead atoms. The summed E-state index contributed by atoms with van der Waals surface area (Å²) in [5.74, 6) is 1.49. The van der Waals surface area contributed by atoms with Crippen molar-refractivity contribution in [3.05, 3.63) is 75.8 Å². The van der Waals surface area contributed by atoms with Gasteiger partial charge in [0.2, 0.25) is 5.58 Å². The lowest BCUT2D eigenvalue weighted by atomic mass is 9.90. The molecule has 2 aromatic carbocycles. The lowest BCUT2D eigenvalue weighted by Crippen LogP contribution is -2.34. The van der Waals surface area contributed by atoms with E-state index in [0.29, 0.717) is 23.2 Å². The monoisotopic (exact) mass is 401 g/mol. The molecule has 1 aliphatic heterocycles. The fourth-order valence-corrected chi connectivity index (χ4v) is 4.49. The van der Waals surface area contributed by atoms with Crippen LogP contribution in [0.2, 0.25) is 0 Å². The van der Waals surface area contributed by atoms with Gasteiger partial charge in [-0.15, -0.1) is 0 Å². The van der Waals surface area contributed by atoms with Gasteiger partial charge in [-0.3, -0.25) is 9.69 Å². The normalized spacial score (nSPS) is 15.9. The van der Waals surface area contributed by atoms with Crippen LogP contribution in [0.5, 0.6) is 0 Å². The molecular weight excluding hydrogens is 374 g/mol. The van der Waals surface area contributed by atoms with Crippen LogP contribution in [0.3, 0.4) is 0 Å². The van der Waals surface area contributed by atoms with E-state index in [4.69, 9.17) is 9.40 Å². The Labute approximate surface area is 175 Å². The number of nitrogens with zero attached hydrogens (tertiary/aromatic N) is 2. The average molecular weight is 402 g/mol. The zero-order chi connectivity index (χ0) is 20.5. The van der Waals surface area contributed by atoms with E-state index >= 15 is 0 Å². The van der Waals surface area contributed by atoms with Gasteiger partial charge < -0.3 is 9.40 Å². The first kappa shape index (κ1) is 19.1. The number of H-pyrrole nitrogens is 1.